The Balaban J connectivity index is 2.38. The summed E-state index contributed by atoms with van der Waals surface area (Å²) in [5.41, 5.74) is 1.56. The minimum absolute atomic E-state index is 0.125. The van der Waals surface area contributed by atoms with Gasteiger partial charge in [-0.2, -0.15) is 0 Å². The van der Waals surface area contributed by atoms with Gasteiger partial charge >= 0.3 is 0 Å². The molecule has 0 amide bonds. The van der Waals surface area contributed by atoms with Gasteiger partial charge in [0.05, 0.1) is 11.8 Å². The van der Waals surface area contributed by atoms with Gasteiger partial charge in [0.25, 0.3) is 0 Å². The van der Waals surface area contributed by atoms with Crippen LogP contribution in [0.15, 0.2) is 17.0 Å². The Morgan fingerprint density at radius 3 is 2.89 bits per heavy atom. The Labute approximate surface area is 121 Å². The van der Waals surface area contributed by atoms with Crippen LogP contribution in [-0.2, 0) is 0 Å². The number of halogens is 1. The van der Waals surface area contributed by atoms with Crippen molar-refractivity contribution in [3.63, 3.8) is 0 Å². The average Bonchev–Trinajstić information content (AvgIpc) is 2.78. The van der Waals surface area contributed by atoms with Gasteiger partial charge in [-0.05, 0) is 22.4 Å². The molecule has 0 unspecified atom stereocenters. The van der Waals surface area contributed by atoms with E-state index in [2.05, 4.69) is 37.8 Å². The summed E-state index contributed by atoms with van der Waals surface area (Å²) >= 11 is 3.29. The van der Waals surface area contributed by atoms with Crippen molar-refractivity contribution in [2.75, 3.05) is 0 Å². The molecule has 2 aromatic rings. The van der Waals surface area contributed by atoms with Gasteiger partial charge in [0.15, 0.2) is 11.4 Å². The average molecular weight is 324 g/mol. The van der Waals surface area contributed by atoms with E-state index >= 15 is 0 Å². The van der Waals surface area contributed by atoms with E-state index in [1.54, 1.807) is 12.4 Å². The number of carbonyl (C=O) groups excluding carboxylic acids is 1. The number of ketones is 1. The summed E-state index contributed by atoms with van der Waals surface area (Å²) in [6, 6.07) is 0. The summed E-state index contributed by atoms with van der Waals surface area (Å²) in [5, 5.41) is 0. The summed E-state index contributed by atoms with van der Waals surface area (Å²) in [4.78, 5) is 24.2. The number of Topliss-reactive ketones (excluding diaryl/α,β-unsaturated/α-hetero) is 1. The number of rotatable bonds is 5. The van der Waals surface area contributed by atoms with Gasteiger partial charge in [-0.3, -0.25) is 4.79 Å². The highest BCUT2D eigenvalue weighted by Gasteiger charge is 2.30. The van der Waals surface area contributed by atoms with E-state index in [0.29, 0.717) is 21.3 Å². The van der Waals surface area contributed by atoms with Crippen LogP contribution in [0.1, 0.15) is 50.4 Å². The quantitative estimate of drug-likeness (QED) is 0.842. The molecule has 0 bridgehead atoms. The Kier molecular flexibility index (Phi) is 4.04. The zero-order valence-electron chi connectivity index (χ0n) is 11.5. The number of hydrogen-bond donors (Lipinski definition) is 1. The van der Waals surface area contributed by atoms with Crippen molar-refractivity contribution in [2.45, 2.75) is 40.0 Å². The second-order valence-corrected chi connectivity index (χ2v) is 6.22. The van der Waals surface area contributed by atoms with Crippen LogP contribution in [0.3, 0.4) is 0 Å². The molecule has 0 saturated carbocycles. The molecule has 0 atom stereocenters. The Morgan fingerprint density at radius 2 is 2.21 bits per heavy atom. The van der Waals surface area contributed by atoms with Crippen molar-refractivity contribution in [1.82, 2.24) is 15.0 Å². The van der Waals surface area contributed by atoms with E-state index in [0.717, 1.165) is 19.3 Å². The molecular weight excluding hydrogens is 306 g/mol. The summed E-state index contributed by atoms with van der Waals surface area (Å²) in [6.07, 6.45) is 6.37. The summed E-state index contributed by atoms with van der Waals surface area (Å²) in [6.45, 7) is 6.12. The first-order valence-electron chi connectivity index (χ1n) is 6.50. The van der Waals surface area contributed by atoms with Crippen molar-refractivity contribution >= 4 is 32.9 Å². The lowest BCUT2D eigenvalue weighted by atomic mass is 9.80. The van der Waals surface area contributed by atoms with Gasteiger partial charge in [-0.25, -0.2) is 9.97 Å². The first-order valence-corrected chi connectivity index (χ1v) is 7.29. The van der Waals surface area contributed by atoms with Crippen molar-refractivity contribution in [2.24, 2.45) is 5.41 Å². The highest BCUT2D eigenvalue weighted by atomic mass is 79.9. The molecule has 5 heteroatoms. The largest absolute Gasteiger partial charge is 0.344 e. The fraction of sp³-hybridized carbons (Fsp3) is 0.500. The topological polar surface area (TPSA) is 58.6 Å². The van der Waals surface area contributed by atoms with Crippen LogP contribution in [0.5, 0.6) is 0 Å². The van der Waals surface area contributed by atoms with Crippen molar-refractivity contribution < 1.29 is 4.79 Å². The molecule has 1 N–H and O–H groups in total. The van der Waals surface area contributed by atoms with Gasteiger partial charge in [0, 0.05) is 11.6 Å². The lowest BCUT2D eigenvalue weighted by molar-refractivity contribution is 0.0825. The van der Waals surface area contributed by atoms with Gasteiger partial charge < -0.3 is 4.98 Å². The third kappa shape index (κ3) is 2.86. The monoisotopic (exact) mass is 323 g/mol. The molecule has 0 fully saturated rings. The molecule has 0 aliphatic rings. The third-order valence-electron chi connectivity index (χ3n) is 3.37. The van der Waals surface area contributed by atoms with Crippen molar-refractivity contribution in [3.05, 3.63) is 22.6 Å². The number of nitrogens with one attached hydrogen (secondary N) is 1. The lowest BCUT2D eigenvalue weighted by Crippen LogP contribution is -2.24. The van der Waals surface area contributed by atoms with Crippen molar-refractivity contribution in [3.8, 4) is 0 Å². The molecule has 0 spiro atoms. The van der Waals surface area contributed by atoms with Crippen LogP contribution in [0.25, 0.3) is 11.2 Å². The minimum Gasteiger partial charge on any atom is -0.344 e. The highest BCUT2D eigenvalue weighted by Crippen LogP contribution is 2.30. The minimum atomic E-state index is -0.366. The number of unbranched alkanes of at least 4 members (excludes halogenated alkanes) is 1. The van der Waals surface area contributed by atoms with Gasteiger partial charge in [-0.1, -0.05) is 33.6 Å². The highest BCUT2D eigenvalue weighted by molar-refractivity contribution is 9.10. The molecule has 0 saturated heterocycles. The number of nitrogens with zero attached hydrogens (tertiary/aromatic N) is 2. The number of hydrogen-bond acceptors (Lipinski definition) is 3. The molecule has 0 radical (unpaired) electrons. The molecule has 2 heterocycles. The molecule has 2 rings (SSSR count). The van der Waals surface area contributed by atoms with E-state index in [1.807, 2.05) is 13.8 Å². The van der Waals surface area contributed by atoms with E-state index in [1.165, 1.54) is 0 Å². The van der Waals surface area contributed by atoms with Gasteiger partial charge in [-0.15, -0.1) is 0 Å². The Bertz CT molecular complexity index is 604. The molecule has 4 nitrogen and oxygen atoms in total. The zero-order chi connectivity index (χ0) is 14.0. The second-order valence-electron chi connectivity index (χ2n) is 5.41. The fourth-order valence-corrected chi connectivity index (χ4v) is 2.42. The lowest BCUT2D eigenvalue weighted by Gasteiger charge is -2.22. The van der Waals surface area contributed by atoms with Crippen molar-refractivity contribution in [1.29, 1.82) is 0 Å². The SMILES string of the molecule is CCCCC(C)(C)C(=O)c1c[nH]c2ncc(Br)nc12. The van der Waals surface area contributed by atoms with Crippen LogP contribution in [0.4, 0.5) is 0 Å². The van der Waals surface area contributed by atoms with Crippen LogP contribution in [-0.4, -0.2) is 20.7 Å². The Morgan fingerprint density at radius 1 is 1.47 bits per heavy atom. The van der Waals surface area contributed by atoms with Crippen LogP contribution in [0.2, 0.25) is 0 Å². The van der Waals surface area contributed by atoms with Crippen LogP contribution < -0.4 is 0 Å². The predicted molar refractivity (Wildman–Crippen MR) is 79.2 cm³/mol. The Hall–Kier alpha value is -1.23. The van der Waals surface area contributed by atoms with Crippen LogP contribution in [0, 0.1) is 5.41 Å². The number of aromatic nitrogens is 3. The zero-order valence-corrected chi connectivity index (χ0v) is 13.0. The first-order chi connectivity index (χ1) is 8.95. The molecule has 0 aliphatic heterocycles. The first kappa shape index (κ1) is 14.2. The maximum Gasteiger partial charge on any atom is 0.172 e. The van der Waals surface area contributed by atoms with Gasteiger partial charge in [0.1, 0.15) is 10.1 Å². The maximum atomic E-state index is 12.7. The van der Waals surface area contributed by atoms with Gasteiger partial charge in [0.2, 0.25) is 0 Å². The normalized spacial score (nSPS) is 12.0. The van der Waals surface area contributed by atoms with Crippen LogP contribution >= 0.6 is 15.9 Å². The number of carbonyl (C=O) groups is 1. The summed E-state index contributed by atoms with van der Waals surface area (Å²) < 4.78 is 0.639. The summed E-state index contributed by atoms with van der Waals surface area (Å²) in [7, 11) is 0. The molecule has 19 heavy (non-hydrogen) atoms. The predicted octanol–water partition coefficient (Wildman–Crippen LogP) is 4.12. The standard InChI is InChI=1S/C14H18BrN3O/c1-4-5-6-14(2,3)12(19)9-7-16-13-11(9)18-10(15)8-17-13/h7-8H,4-6H2,1-3H3,(H,16,17). The molecular formula is C14H18BrN3O. The molecule has 0 aromatic carbocycles. The summed E-state index contributed by atoms with van der Waals surface area (Å²) in [5.74, 6) is 0.125. The fourth-order valence-electron chi connectivity index (χ4n) is 2.14. The second kappa shape index (κ2) is 5.41. The third-order valence-corrected chi connectivity index (χ3v) is 3.75. The van der Waals surface area contributed by atoms with E-state index in [9.17, 15) is 4.79 Å². The number of H-pyrrole nitrogens is 1. The number of fused-ring (bicyclic) bond motifs is 1. The number of aromatic amines is 1. The molecule has 2 aromatic heterocycles. The van der Waals surface area contributed by atoms with E-state index in [4.69, 9.17) is 0 Å². The smallest absolute Gasteiger partial charge is 0.172 e. The van der Waals surface area contributed by atoms with E-state index < -0.39 is 0 Å². The molecule has 0 aliphatic carbocycles. The molecule has 102 valence electrons. The van der Waals surface area contributed by atoms with E-state index in [-0.39, 0.29) is 11.2 Å². The maximum absolute atomic E-state index is 12.7.